The number of carbonyl (C=O) groups is 2. The average Bonchev–Trinajstić information content (AvgIpc) is 2.99. The van der Waals surface area contributed by atoms with Gasteiger partial charge in [0.15, 0.2) is 5.11 Å². The lowest BCUT2D eigenvalue weighted by molar-refractivity contribution is -0.124. The number of hydrogen-bond donors (Lipinski definition) is 1. The van der Waals surface area contributed by atoms with Gasteiger partial charge in [0.1, 0.15) is 17.6 Å². The zero-order chi connectivity index (χ0) is 22.4. The topological polar surface area (TPSA) is 71.1 Å². The average molecular weight is 446 g/mol. The molecule has 0 aromatic heterocycles. The molecule has 2 amide bonds. The number of nitrogens with one attached hydrogen (secondary N) is 1. The van der Waals surface area contributed by atoms with Gasteiger partial charge in [-0.25, -0.2) is 4.39 Å². The van der Waals surface area contributed by atoms with Gasteiger partial charge in [-0.3, -0.25) is 14.5 Å². The zero-order valence-electron chi connectivity index (χ0n) is 17.3. The highest BCUT2D eigenvalue weighted by Gasteiger charge is 2.43. The molecule has 1 saturated heterocycles. The molecular weight excluding hydrogens is 421 g/mol. The first-order valence-electron chi connectivity index (χ1n) is 9.77. The predicted octanol–water partition coefficient (Wildman–Crippen LogP) is 3.20. The number of methoxy groups -OCH3 is 2. The first-order valence-corrected chi connectivity index (χ1v) is 10.2. The van der Waals surface area contributed by atoms with Gasteiger partial charge in [-0.2, -0.15) is 0 Å². The Labute approximate surface area is 185 Å². The van der Waals surface area contributed by atoms with Crippen molar-refractivity contribution >= 4 is 40.5 Å². The quantitative estimate of drug-likeness (QED) is 0.472. The van der Waals surface area contributed by atoms with E-state index in [4.69, 9.17) is 21.7 Å². The monoisotopic (exact) mass is 445 g/mol. The lowest BCUT2D eigenvalue weighted by Crippen LogP contribution is -2.38. The number of ether oxygens (including phenoxy) is 2. The normalized spacial score (nSPS) is 16.0. The third-order valence-electron chi connectivity index (χ3n) is 4.90. The highest BCUT2D eigenvalue weighted by Crippen LogP contribution is 2.29. The Kier molecular flexibility index (Phi) is 7.54. The van der Waals surface area contributed by atoms with Crippen molar-refractivity contribution in [1.29, 1.82) is 0 Å². The molecule has 9 heteroatoms. The number of hydrogen-bond acceptors (Lipinski definition) is 5. The number of thiocarbonyl (C=S) groups is 1. The Morgan fingerprint density at radius 1 is 1.13 bits per heavy atom. The molecule has 0 saturated carbocycles. The van der Waals surface area contributed by atoms with Gasteiger partial charge in [0.2, 0.25) is 5.91 Å². The van der Waals surface area contributed by atoms with Crippen LogP contribution in [0.3, 0.4) is 0 Å². The van der Waals surface area contributed by atoms with E-state index in [-0.39, 0.29) is 18.2 Å². The van der Waals surface area contributed by atoms with Gasteiger partial charge < -0.3 is 19.7 Å². The van der Waals surface area contributed by atoms with Crippen molar-refractivity contribution < 1.29 is 23.5 Å². The fourth-order valence-electron chi connectivity index (χ4n) is 3.36. The Morgan fingerprint density at radius 3 is 2.42 bits per heavy atom. The predicted molar refractivity (Wildman–Crippen MR) is 120 cm³/mol. The maximum atomic E-state index is 13.3. The van der Waals surface area contributed by atoms with E-state index in [1.165, 1.54) is 29.2 Å². The van der Waals surface area contributed by atoms with E-state index in [0.29, 0.717) is 41.8 Å². The molecule has 0 aliphatic carbocycles. The third-order valence-corrected chi connectivity index (χ3v) is 5.32. The molecule has 1 aliphatic rings. The van der Waals surface area contributed by atoms with Crippen molar-refractivity contribution in [2.75, 3.05) is 37.6 Å². The summed E-state index contributed by atoms with van der Waals surface area (Å²) in [5.41, 5.74) is 1.06. The van der Waals surface area contributed by atoms with Gasteiger partial charge in [0.05, 0.1) is 19.2 Å². The molecule has 1 N–H and O–H groups in total. The smallest absolute Gasteiger partial charge is 0.256 e. The molecule has 1 aliphatic heterocycles. The van der Waals surface area contributed by atoms with Gasteiger partial charge in [0, 0.05) is 25.9 Å². The molecule has 7 nitrogen and oxygen atoms in total. The van der Waals surface area contributed by atoms with E-state index in [1.54, 1.807) is 43.4 Å². The largest absolute Gasteiger partial charge is 0.497 e. The maximum absolute atomic E-state index is 13.3. The van der Waals surface area contributed by atoms with Crippen molar-refractivity contribution in [3.63, 3.8) is 0 Å². The summed E-state index contributed by atoms with van der Waals surface area (Å²) in [6, 6.07) is 11.7. The Hall–Kier alpha value is -3.04. The molecule has 31 heavy (non-hydrogen) atoms. The first-order chi connectivity index (χ1) is 14.9. The van der Waals surface area contributed by atoms with Crippen LogP contribution in [0.1, 0.15) is 12.8 Å². The van der Waals surface area contributed by atoms with Gasteiger partial charge in [-0.05, 0) is 67.2 Å². The molecule has 2 aromatic rings. The van der Waals surface area contributed by atoms with Crippen molar-refractivity contribution in [2.45, 2.75) is 18.9 Å². The van der Waals surface area contributed by atoms with E-state index in [9.17, 15) is 14.0 Å². The van der Waals surface area contributed by atoms with Gasteiger partial charge >= 0.3 is 0 Å². The fraction of sp³-hybridized carbons (Fsp3) is 0.318. The van der Waals surface area contributed by atoms with E-state index in [1.807, 2.05) is 0 Å². The molecule has 0 radical (unpaired) electrons. The van der Waals surface area contributed by atoms with E-state index >= 15 is 0 Å². The summed E-state index contributed by atoms with van der Waals surface area (Å²) < 4.78 is 23.4. The van der Waals surface area contributed by atoms with Crippen LogP contribution < -0.4 is 15.0 Å². The number of carbonyl (C=O) groups excluding carboxylic acids is 2. The molecule has 164 valence electrons. The number of rotatable bonds is 9. The van der Waals surface area contributed by atoms with Crippen molar-refractivity contribution in [2.24, 2.45) is 0 Å². The molecule has 1 heterocycles. The molecule has 1 unspecified atom stereocenters. The minimum Gasteiger partial charge on any atom is -0.497 e. The molecule has 2 aromatic carbocycles. The van der Waals surface area contributed by atoms with E-state index in [0.717, 1.165) is 0 Å². The van der Waals surface area contributed by atoms with Crippen LogP contribution in [0.5, 0.6) is 5.75 Å². The van der Waals surface area contributed by atoms with Gasteiger partial charge in [-0.1, -0.05) is 0 Å². The summed E-state index contributed by atoms with van der Waals surface area (Å²) in [4.78, 5) is 29.1. The summed E-state index contributed by atoms with van der Waals surface area (Å²) in [7, 11) is 3.17. The molecule has 0 bridgehead atoms. The first kappa shape index (κ1) is 22.6. The summed E-state index contributed by atoms with van der Waals surface area (Å²) in [5.74, 6) is -0.370. The minimum absolute atomic E-state index is 0.0873. The van der Waals surface area contributed by atoms with Crippen LogP contribution in [0, 0.1) is 5.82 Å². The fourth-order valence-corrected chi connectivity index (χ4v) is 3.77. The van der Waals surface area contributed by atoms with Crippen LogP contribution in [0.15, 0.2) is 48.5 Å². The summed E-state index contributed by atoms with van der Waals surface area (Å²) in [5, 5.41) is 3.04. The summed E-state index contributed by atoms with van der Waals surface area (Å²) >= 11 is 5.59. The van der Waals surface area contributed by atoms with Crippen LogP contribution in [0.4, 0.5) is 15.8 Å². The Balaban J connectivity index is 1.78. The summed E-state index contributed by atoms with van der Waals surface area (Å²) in [6.45, 7) is 0.976. The van der Waals surface area contributed by atoms with Crippen LogP contribution in [-0.4, -0.2) is 55.2 Å². The highest BCUT2D eigenvalue weighted by atomic mass is 32.1. The maximum Gasteiger partial charge on any atom is 0.256 e. The minimum atomic E-state index is -0.744. The number of halogens is 1. The Bertz CT molecular complexity index is 937. The zero-order valence-corrected chi connectivity index (χ0v) is 18.2. The van der Waals surface area contributed by atoms with E-state index < -0.39 is 11.9 Å². The summed E-state index contributed by atoms with van der Waals surface area (Å²) in [6.07, 6.45) is 0.562. The standard InChI is InChI=1S/C22H24FN3O4S/c1-29-13-3-12-25-19(14-20(27)24-16-6-4-15(23)5-7-16)21(28)26(22(25)31)17-8-10-18(30-2)11-9-17/h4-11,19H,3,12-14H2,1-2H3,(H,24,27). The molecule has 0 spiro atoms. The van der Waals surface area contributed by atoms with Gasteiger partial charge in [-0.15, -0.1) is 0 Å². The molecular formula is C22H24FN3O4S. The molecule has 3 rings (SSSR count). The van der Waals surface area contributed by atoms with Gasteiger partial charge in [0.25, 0.3) is 5.91 Å². The second kappa shape index (κ2) is 10.3. The number of benzene rings is 2. The van der Waals surface area contributed by atoms with Crippen molar-refractivity contribution in [1.82, 2.24) is 4.90 Å². The second-order valence-corrected chi connectivity index (χ2v) is 7.33. The van der Waals surface area contributed by atoms with Crippen molar-refractivity contribution in [3.8, 4) is 5.75 Å². The van der Waals surface area contributed by atoms with Crippen molar-refractivity contribution in [3.05, 3.63) is 54.3 Å². The second-order valence-electron chi connectivity index (χ2n) is 6.97. The van der Waals surface area contributed by atoms with E-state index in [2.05, 4.69) is 5.32 Å². The number of amides is 2. The highest BCUT2D eigenvalue weighted by molar-refractivity contribution is 7.80. The van der Waals surface area contributed by atoms with Crippen LogP contribution in [-0.2, 0) is 14.3 Å². The van der Waals surface area contributed by atoms with Crippen LogP contribution >= 0.6 is 12.2 Å². The lowest BCUT2D eigenvalue weighted by atomic mass is 10.1. The molecule has 1 fully saturated rings. The van der Waals surface area contributed by atoms with Crippen LogP contribution in [0.25, 0.3) is 0 Å². The Morgan fingerprint density at radius 2 is 1.81 bits per heavy atom. The number of nitrogens with zero attached hydrogens (tertiary/aromatic N) is 2. The SMILES string of the molecule is COCCCN1C(=S)N(c2ccc(OC)cc2)C(=O)C1CC(=O)Nc1ccc(F)cc1. The lowest BCUT2D eigenvalue weighted by Gasteiger charge is -2.23. The number of anilines is 2. The van der Waals surface area contributed by atoms with Crippen LogP contribution in [0.2, 0.25) is 0 Å². The molecule has 1 atom stereocenters. The third kappa shape index (κ3) is 5.36.